The number of halogens is 3. The number of hydrogen-bond donors (Lipinski definition) is 1. The molecule has 0 amide bonds. The molecule has 0 saturated heterocycles. The van der Waals surface area contributed by atoms with E-state index in [9.17, 15) is 18.0 Å². The first-order valence-corrected chi connectivity index (χ1v) is 7.25. The summed E-state index contributed by atoms with van der Waals surface area (Å²) in [4.78, 5) is 22.2. The molecule has 0 unspecified atom stereocenters. The SMILES string of the molecule is CCOC(=O)Oc1cncc2[nH]c(-c3ccccc3C(F)(F)F)nc12. The number of carbonyl (C=O) groups is 1. The van der Waals surface area contributed by atoms with Crippen molar-refractivity contribution in [3.63, 3.8) is 0 Å². The molecule has 9 heteroatoms. The molecule has 3 rings (SSSR count). The number of rotatable bonds is 3. The maximum Gasteiger partial charge on any atom is 0.513 e. The molecule has 25 heavy (non-hydrogen) atoms. The van der Waals surface area contributed by atoms with Crippen LogP contribution < -0.4 is 4.74 Å². The number of nitrogens with one attached hydrogen (secondary N) is 1. The monoisotopic (exact) mass is 351 g/mol. The summed E-state index contributed by atoms with van der Waals surface area (Å²) in [5.41, 5.74) is -0.438. The molecule has 0 aliphatic heterocycles. The van der Waals surface area contributed by atoms with E-state index >= 15 is 0 Å². The minimum Gasteiger partial charge on any atom is -0.434 e. The zero-order valence-corrected chi connectivity index (χ0v) is 12.9. The van der Waals surface area contributed by atoms with Gasteiger partial charge in [0, 0.05) is 5.56 Å². The van der Waals surface area contributed by atoms with Crippen molar-refractivity contribution in [1.82, 2.24) is 15.0 Å². The molecular weight excluding hydrogens is 339 g/mol. The van der Waals surface area contributed by atoms with Crippen molar-refractivity contribution in [3.05, 3.63) is 42.2 Å². The number of H-pyrrole nitrogens is 1. The van der Waals surface area contributed by atoms with Gasteiger partial charge < -0.3 is 14.5 Å². The van der Waals surface area contributed by atoms with Crippen LogP contribution in [0, 0.1) is 0 Å². The van der Waals surface area contributed by atoms with Crippen LogP contribution in [0.15, 0.2) is 36.7 Å². The Morgan fingerprint density at radius 1 is 1.24 bits per heavy atom. The van der Waals surface area contributed by atoms with Gasteiger partial charge in [0.15, 0.2) is 5.75 Å². The van der Waals surface area contributed by atoms with Gasteiger partial charge in [-0.2, -0.15) is 13.2 Å². The van der Waals surface area contributed by atoms with E-state index in [1.165, 1.54) is 30.6 Å². The molecule has 0 aliphatic rings. The fourth-order valence-electron chi connectivity index (χ4n) is 2.28. The molecule has 1 N–H and O–H groups in total. The van der Waals surface area contributed by atoms with Crippen LogP contribution in [-0.2, 0) is 10.9 Å². The Morgan fingerprint density at radius 3 is 2.72 bits per heavy atom. The maximum atomic E-state index is 13.2. The molecule has 2 heterocycles. The average Bonchev–Trinajstić information content (AvgIpc) is 2.99. The molecule has 0 bridgehead atoms. The minimum absolute atomic E-state index is 0.00960. The Bertz CT molecular complexity index is 922. The van der Waals surface area contributed by atoms with Gasteiger partial charge in [-0.3, -0.25) is 4.98 Å². The lowest BCUT2D eigenvalue weighted by Crippen LogP contribution is -2.10. The number of pyridine rings is 1. The molecule has 0 aliphatic carbocycles. The van der Waals surface area contributed by atoms with Crippen LogP contribution in [0.3, 0.4) is 0 Å². The first-order valence-electron chi connectivity index (χ1n) is 7.25. The molecule has 0 radical (unpaired) electrons. The molecule has 1 aromatic carbocycles. The van der Waals surface area contributed by atoms with Gasteiger partial charge in [0.25, 0.3) is 0 Å². The summed E-state index contributed by atoms with van der Waals surface area (Å²) in [5, 5.41) is 0. The third-order valence-electron chi connectivity index (χ3n) is 3.30. The quantitative estimate of drug-likeness (QED) is 0.717. The molecule has 130 valence electrons. The van der Waals surface area contributed by atoms with E-state index in [-0.39, 0.29) is 29.3 Å². The molecule has 0 saturated carbocycles. The summed E-state index contributed by atoms with van der Waals surface area (Å²) in [6.45, 7) is 1.73. The lowest BCUT2D eigenvalue weighted by molar-refractivity contribution is -0.137. The Morgan fingerprint density at radius 2 is 2.00 bits per heavy atom. The summed E-state index contributed by atoms with van der Waals surface area (Å²) in [6, 6.07) is 5.05. The Kier molecular flexibility index (Phi) is 4.30. The van der Waals surface area contributed by atoms with E-state index in [2.05, 4.69) is 19.7 Å². The number of carbonyl (C=O) groups excluding carboxylic acids is 1. The highest BCUT2D eigenvalue weighted by Crippen LogP contribution is 2.37. The van der Waals surface area contributed by atoms with Crippen molar-refractivity contribution in [1.29, 1.82) is 0 Å². The fraction of sp³-hybridized carbons (Fsp3) is 0.188. The number of alkyl halides is 3. The Balaban J connectivity index is 2.08. The highest BCUT2D eigenvalue weighted by molar-refractivity contribution is 5.86. The highest BCUT2D eigenvalue weighted by Gasteiger charge is 2.34. The number of aromatic amines is 1. The van der Waals surface area contributed by atoms with Crippen LogP contribution in [0.5, 0.6) is 5.75 Å². The van der Waals surface area contributed by atoms with Crippen LogP contribution in [0.25, 0.3) is 22.4 Å². The third-order valence-corrected chi connectivity index (χ3v) is 3.30. The van der Waals surface area contributed by atoms with Gasteiger partial charge in [-0.1, -0.05) is 18.2 Å². The van der Waals surface area contributed by atoms with Crippen molar-refractivity contribution in [2.24, 2.45) is 0 Å². The number of imidazole rings is 1. The smallest absolute Gasteiger partial charge is 0.434 e. The first-order chi connectivity index (χ1) is 11.9. The summed E-state index contributed by atoms with van der Waals surface area (Å²) in [7, 11) is 0. The second kappa shape index (κ2) is 6.42. The summed E-state index contributed by atoms with van der Waals surface area (Å²) in [6.07, 6.45) is -2.87. The zero-order chi connectivity index (χ0) is 18.0. The summed E-state index contributed by atoms with van der Waals surface area (Å²) in [5.74, 6) is -0.0208. The predicted molar refractivity (Wildman–Crippen MR) is 82.0 cm³/mol. The number of fused-ring (bicyclic) bond motifs is 1. The van der Waals surface area contributed by atoms with Crippen molar-refractivity contribution >= 4 is 17.2 Å². The third kappa shape index (κ3) is 3.39. The summed E-state index contributed by atoms with van der Waals surface area (Å²) < 4.78 is 49.2. The van der Waals surface area contributed by atoms with E-state index in [1.54, 1.807) is 6.92 Å². The number of aromatic nitrogens is 3. The summed E-state index contributed by atoms with van der Waals surface area (Å²) >= 11 is 0. The number of hydrogen-bond acceptors (Lipinski definition) is 5. The van der Waals surface area contributed by atoms with Gasteiger partial charge in [0.1, 0.15) is 11.3 Å². The van der Waals surface area contributed by atoms with Crippen LogP contribution >= 0.6 is 0 Å². The van der Waals surface area contributed by atoms with Crippen LogP contribution in [-0.4, -0.2) is 27.7 Å². The Labute approximate surface area is 139 Å². The molecule has 2 aromatic heterocycles. The Hall–Kier alpha value is -3.10. The predicted octanol–water partition coefficient (Wildman–Crippen LogP) is 4.18. The molecule has 3 aromatic rings. The van der Waals surface area contributed by atoms with E-state index in [0.29, 0.717) is 5.52 Å². The standard InChI is InChI=1S/C16H12F3N3O3/c1-2-24-15(23)25-12-8-20-7-11-13(12)22-14(21-11)9-5-3-4-6-10(9)16(17,18)19/h3-8H,2H2,1H3,(H,21,22). The lowest BCUT2D eigenvalue weighted by Gasteiger charge is -2.10. The number of ether oxygens (including phenoxy) is 2. The fourth-order valence-corrected chi connectivity index (χ4v) is 2.28. The normalized spacial score (nSPS) is 11.5. The number of nitrogens with zero attached hydrogens (tertiary/aromatic N) is 2. The highest BCUT2D eigenvalue weighted by atomic mass is 19.4. The van der Waals surface area contributed by atoms with Crippen LogP contribution in [0.2, 0.25) is 0 Å². The average molecular weight is 351 g/mol. The van der Waals surface area contributed by atoms with E-state index < -0.39 is 17.9 Å². The lowest BCUT2D eigenvalue weighted by atomic mass is 10.1. The van der Waals surface area contributed by atoms with Crippen molar-refractivity contribution < 1.29 is 27.4 Å². The maximum absolute atomic E-state index is 13.2. The molecule has 0 fully saturated rings. The second-order valence-electron chi connectivity index (χ2n) is 4.95. The number of benzene rings is 1. The van der Waals surface area contributed by atoms with Crippen molar-refractivity contribution in [3.8, 4) is 17.1 Å². The zero-order valence-electron chi connectivity index (χ0n) is 12.9. The first kappa shape index (κ1) is 16.7. The molecule has 0 spiro atoms. The minimum atomic E-state index is -4.53. The van der Waals surface area contributed by atoms with Gasteiger partial charge in [0.2, 0.25) is 0 Å². The van der Waals surface area contributed by atoms with Gasteiger partial charge in [-0.15, -0.1) is 0 Å². The van der Waals surface area contributed by atoms with Crippen LogP contribution in [0.4, 0.5) is 18.0 Å². The molecular formula is C16H12F3N3O3. The van der Waals surface area contributed by atoms with E-state index in [1.807, 2.05) is 0 Å². The van der Waals surface area contributed by atoms with Crippen molar-refractivity contribution in [2.45, 2.75) is 13.1 Å². The van der Waals surface area contributed by atoms with Gasteiger partial charge in [-0.05, 0) is 13.0 Å². The van der Waals surface area contributed by atoms with E-state index in [0.717, 1.165) is 6.07 Å². The van der Waals surface area contributed by atoms with Crippen LogP contribution in [0.1, 0.15) is 12.5 Å². The van der Waals surface area contributed by atoms with Gasteiger partial charge in [0.05, 0.1) is 30.1 Å². The van der Waals surface area contributed by atoms with Gasteiger partial charge >= 0.3 is 12.3 Å². The largest absolute Gasteiger partial charge is 0.513 e. The van der Waals surface area contributed by atoms with Gasteiger partial charge in [-0.25, -0.2) is 9.78 Å². The second-order valence-corrected chi connectivity index (χ2v) is 4.95. The topological polar surface area (TPSA) is 77.1 Å². The molecule has 6 nitrogen and oxygen atoms in total. The van der Waals surface area contributed by atoms with E-state index in [4.69, 9.17) is 4.74 Å². The molecule has 0 atom stereocenters. The van der Waals surface area contributed by atoms with Crippen molar-refractivity contribution in [2.75, 3.05) is 6.61 Å².